The first-order valence-corrected chi connectivity index (χ1v) is 18.0. The Balaban J connectivity index is 1.35. The fourth-order valence-electron chi connectivity index (χ4n) is 8.24. The first-order chi connectivity index (χ1) is 26.3. The Kier molecular flexibility index (Phi) is 6.52. The first kappa shape index (κ1) is 29.5. The number of benzene rings is 7. The van der Waals surface area contributed by atoms with Gasteiger partial charge in [-0.1, -0.05) is 115 Å². The summed E-state index contributed by atoms with van der Waals surface area (Å²) in [5, 5.41) is 10.2. The van der Waals surface area contributed by atoms with Crippen LogP contribution in [0.3, 0.4) is 0 Å². The number of hydrogen-bond acceptors (Lipinski definition) is 2. The normalized spacial score (nSPS) is 11.8. The van der Waals surface area contributed by atoms with Crippen LogP contribution in [0.5, 0.6) is 0 Å². The molecule has 0 spiro atoms. The molecule has 0 aliphatic heterocycles. The molecule has 3 heterocycles. The molecule has 0 radical (unpaired) electrons. The molecule has 248 valence electrons. The van der Waals surface area contributed by atoms with Gasteiger partial charge in [-0.15, -0.1) is 0 Å². The van der Waals surface area contributed by atoms with Crippen LogP contribution in [0.1, 0.15) is 0 Å². The fraction of sp³-hybridized carbons (Fsp3) is 0. The molecule has 0 amide bonds. The van der Waals surface area contributed by atoms with Crippen molar-refractivity contribution in [2.75, 3.05) is 0 Å². The maximum absolute atomic E-state index is 6.56. The van der Waals surface area contributed by atoms with E-state index in [9.17, 15) is 0 Å². The van der Waals surface area contributed by atoms with Gasteiger partial charge < -0.3 is 13.6 Å². The van der Waals surface area contributed by atoms with Gasteiger partial charge in [0.05, 0.1) is 16.6 Å². The van der Waals surface area contributed by atoms with Crippen LogP contribution in [0.15, 0.2) is 193 Å². The molecule has 0 aliphatic rings. The van der Waals surface area contributed by atoms with Crippen molar-refractivity contribution in [3.05, 3.63) is 188 Å². The van der Waals surface area contributed by atoms with Crippen molar-refractivity contribution in [1.82, 2.24) is 14.1 Å². The predicted molar refractivity (Wildman–Crippen MR) is 221 cm³/mol. The molecular weight excluding hydrogens is 647 g/mol. The van der Waals surface area contributed by atoms with E-state index in [4.69, 9.17) is 9.40 Å². The number of rotatable bonds is 3. The Morgan fingerprint density at radius 2 is 0.962 bits per heavy atom. The molecule has 0 fully saturated rings. The van der Waals surface area contributed by atoms with Crippen molar-refractivity contribution in [2.45, 2.75) is 0 Å². The minimum atomic E-state index is 0.895. The van der Waals surface area contributed by atoms with E-state index >= 15 is 0 Å². The minimum Gasteiger partial charge on any atom is -0.455 e. The van der Waals surface area contributed by atoms with Crippen molar-refractivity contribution in [3.8, 4) is 22.5 Å². The van der Waals surface area contributed by atoms with Crippen LogP contribution in [0.25, 0.3) is 98.7 Å². The number of hydrogen-bond donors (Lipinski definition) is 0. The molecule has 11 aromatic rings. The molecule has 0 bridgehead atoms. The molecule has 0 N–H and O–H groups in total. The highest BCUT2D eigenvalue weighted by Gasteiger charge is 2.17. The van der Waals surface area contributed by atoms with E-state index in [1.54, 1.807) is 0 Å². The lowest BCUT2D eigenvalue weighted by molar-refractivity contribution is 0.670. The Morgan fingerprint density at radius 1 is 0.396 bits per heavy atom. The molecular formula is C49H31N3O. The van der Waals surface area contributed by atoms with E-state index in [1.807, 2.05) is 24.4 Å². The van der Waals surface area contributed by atoms with Gasteiger partial charge in [0.1, 0.15) is 11.2 Å². The molecule has 4 nitrogen and oxygen atoms in total. The molecule has 3 aromatic heterocycles. The Hall–Kier alpha value is -7.17. The maximum Gasteiger partial charge on any atom is 0.143 e. The SMILES string of the molecule is c1ccc(-n2ccn(-c3ccccc3)c3cc4c(cc32)c2cc(-c3cccc5c3oc3ccccc35)ccc2c2ccccc2c2cccnc24)cc1. The summed E-state index contributed by atoms with van der Waals surface area (Å²) < 4.78 is 11.1. The molecule has 0 aliphatic carbocycles. The van der Waals surface area contributed by atoms with Gasteiger partial charge in [0.2, 0.25) is 0 Å². The Bertz CT molecular complexity index is 3280. The zero-order valence-corrected chi connectivity index (χ0v) is 28.6. The number of para-hydroxylation sites is 4. The molecule has 8 aromatic carbocycles. The smallest absolute Gasteiger partial charge is 0.143 e. The topological polar surface area (TPSA) is 35.9 Å². The van der Waals surface area contributed by atoms with Crippen LogP contribution in [0, 0.1) is 0 Å². The highest BCUT2D eigenvalue weighted by atomic mass is 16.3. The van der Waals surface area contributed by atoms with Crippen molar-refractivity contribution >= 4 is 76.2 Å². The van der Waals surface area contributed by atoms with Crippen molar-refractivity contribution in [1.29, 1.82) is 0 Å². The second-order valence-electron chi connectivity index (χ2n) is 13.6. The standard InChI is InChI=1S/C49H31N3O/c1-3-13-33(14-4-1)51-27-28-52(34-15-5-2-6-16-34)46-31-44-43(30-45(46)51)42-29-32(35-20-11-21-41-39-19-9-10-23-47(39)53-49(35)41)24-25-38(42)36-17-7-8-18-37(36)40-22-12-26-50-48(40)44/h1-31H. The second-order valence-corrected chi connectivity index (χ2v) is 13.6. The molecule has 0 atom stereocenters. The summed E-state index contributed by atoms with van der Waals surface area (Å²) in [5.41, 5.74) is 9.28. The zero-order chi connectivity index (χ0) is 34.9. The maximum atomic E-state index is 6.56. The molecule has 11 rings (SSSR count). The predicted octanol–water partition coefficient (Wildman–Crippen LogP) is 13.1. The van der Waals surface area contributed by atoms with E-state index in [-0.39, 0.29) is 0 Å². The average Bonchev–Trinajstić information content (AvgIpc) is 3.62. The van der Waals surface area contributed by atoms with Gasteiger partial charge in [-0.25, -0.2) is 0 Å². The van der Waals surface area contributed by atoms with Gasteiger partial charge in [-0.2, -0.15) is 0 Å². The van der Waals surface area contributed by atoms with Gasteiger partial charge in [0.25, 0.3) is 0 Å². The van der Waals surface area contributed by atoms with Crippen molar-refractivity contribution in [3.63, 3.8) is 0 Å². The second kappa shape index (κ2) is 11.7. The van der Waals surface area contributed by atoms with E-state index in [0.717, 1.165) is 87.9 Å². The highest BCUT2D eigenvalue weighted by molar-refractivity contribution is 6.26. The van der Waals surface area contributed by atoms with Gasteiger partial charge >= 0.3 is 0 Å². The summed E-state index contributed by atoms with van der Waals surface area (Å²) >= 11 is 0. The molecule has 0 unspecified atom stereocenters. The van der Waals surface area contributed by atoms with E-state index in [1.165, 1.54) is 10.8 Å². The summed E-state index contributed by atoms with van der Waals surface area (Å²) in [6, 6.07) is 60.5. The largest absolute Gasteiger partial charge is 0.455 e. The monoisotopic (exact) mass is 677 g/mol. The summed E-state index contributed by atoms with van der Waals surface area (Å²) in [6.07, 6.45) is 6.24. The van der Waals surface area contributed by atoms with Crippen molar-refractivity contribution < 1.29 is 4.42 Å². The van der Waals surface area contributed by atoms with E-state index in [2.05, 4.69) is 173 Å². The molecule has 0 saturated heterocycles. The van der Waals surface area contributed by atoms with Crippen LogP contribution in [0.4, 0.5) is 0 Å². The fourth-order valence-corrected chi connectivity index (χ4v) is 8.24. The van der Waals surface area contributed by atoms with Gasteiger partial charge in [-0.3, -0.25) is 4.98 Å². The number of nitrogens with zero attached hydrogens (tertiary/aromatic N) is 3. The van der Waals surface area contributed by atoms with Gasteiger partial charge in [-0.05, 0) is 87.1 Å². The first-order valence-electron chi connectivity index (χ1n) is 18.0. The quantitative estimate of drug-likeness (QED) is 0.187. The third kappa shape index (κ3) is 4.59. The molecule has 4 heteroatoms. The van der Waals surface area contributed by atoms with Gasteiger partial charge in [0.15, 0.2) is 0 Å². The lowest BCUT2D eigenvalue weighted by atomic mass is 9.93. The molecule has 0 saturated carbocycles. The Morgan fingerprint density at radius 3 is 1.70 bits per heavy atom. The van der Waals surface area contributed by atoms with Crippen LogP contribution < -0.4 is 0 Å². The van der Waals surface area contributed by atoms with Crippen molar-refractivity contribution in [2.24, 2.45) is 0 Å². The number of fused-ring (bicyclic) bond motifs is 12. The van der Waals surface area contributed by atoms with Crippen LogP contribution in [0.2, 0.25) is 0 Å². The summed E-state index contributed by atoms with van der Waals surface area (Å²) in [4.78, 5) is 5.14. The number of aromatic nitrogens is 3. The number of furan rings is 1. The third-order valence-corrected chi connectivity index (χ3v) is 10.7. The van der Waals surface area contributed by atoms with Gasteiger partial charge in [0, 0.05) is 57.1 Å². The summed E-state index contributed by atoms with van der Waals surface area (Å²) in [5.74, 6) is 0. The Labute approximate surface area is 304 Å². The van der Waals surface area contributed by atoms with Crippen LogP contribution >= 0.6 is 0 Å². The van der Waals surface area contributed by atoms with E-state index < -0.39 is 0 Å². The minimum absolute atomic E-state index is 0.895. The number of pyridine rings is 1. The van der Waals surface area contributed by atoms with Crippen LogP contribution in [-0.2, 0) is 0 Å². The van der Waals surface area contributed by atoms with Crippen LogP contribution in [-0.4, -0.2) is 14.1 Å². The summed E-state index contributed by atoms with van der Waals surface area (Å²) in [6.45, 7) is 0. The lowest BCUT2D eigenvalue weighted by Crippen LogP contribution is -2.05. The third-order valence-electron chi connectivity index (χ3n) is 10.7. The van der Waals surface area contributed by atoms with E-state index in [0.29, 0.717) is 0 Å². The highest BCUT2D eigenvalue weighted by Crippen LogP contribution is 2.41. The lowest BCUT2D eigenvalue weighted by Gasteiger charge is -2.19. The zero-order valence-electron chi connectivity index (χ0n) is 28.6. The summed E-state index contributed by atoms with van der Waals surface area (Å²) in [7, 11) is 0. The molecule has 53 heavy (non-hydrogen) atoms. The average molecular weight is 678 g/mol.